The highest BCUT2D eigenvalue weighted by Gasteiger charge is 2.46. The Bertz CT molecular complexity index is 2190. The number of nitrogens with zero attached hydrogens (tertiary/aromatic N) is 5. The SMILES string of the molecule is Cc1nc(N2CC3CC3C2)ccc1Cc1csc(C(=O)N[C@@H]2CCc3c2n[nH]c3C)c1.Cc1nc(N2CC3CC3C2)ccc1Cc1csc(C(=O)O)c1. The quantitative estimate of drug-likeness (QED) is 0.145. The molecule has 7 heterocycles. The minimum atomic E-state index is -0.853. The number of amides is 1. The maximum Gasteiger partial charge on any atom is 0.345 e. The third-order valence-corrected chi connectivity index (χ3v) is 13.9. The molecular weight excluding hydrogens is 703 g/mol. The number of anilines is 2. The largest absolute Gasteiger partial charge is 0.477 e. The standard InChI is InChI=1S/C24H27N5OS.C17H18N2O2S/c1-13-16(3-6-22(25-13)29-10-17-9-18(17)11-29)7-15-8-21(31-12-15)24(30)26-20-5-4-19-14(2)27-28-23(19)20;1-10-12(4-11-5-15(17(20)21)22-9-11)2-3-16(18-10)19-7-13-6-14(13)8-19/h3,6,8,12,17-18,20H,4-5,7,9-11H2,1-2H3,(H,26,30)(H,27,28);2-3,5,9,13-14H,4,6-8H2,1H3,(H,20,21)/t17?,18?,20-;/m1./s1. The van der Waals surface area contributed by atoms with Crippen LogP contribution in [0.4, 0.5) is 11.6 Å². The Labute approximate surface area is 317 Å². The molecular formula is C41H45N7O3S2. The van der Waals surface area contributed by atoms with Crippen LogP contribution in [-0.2, 0) is 19.3 Å². The number of carboxylic acid groups (broad SMARTS) is 1. The molecule has 10 nitrogen and oxygen atoms in total. The number of aryl methyl sites for hydroxylation is 3. The Morgan fingerprint density at radius 3 is 1.85 bits per heavy atom. The second kappa shape index (κ2) is 13.7. The van der Waals surface area contributed by atoms with Crippen molar-refractivity contribution in [1.29, 1.82) is 0 Å². The third-order valence-electron chi connectivity index (χ3n) is 11.9. The number of carbonyl (C=O) groups is 2. The number of aromatic nitrogens is 4. The monoisotopic (exact) mass is 747 g/mol. The molecule has 2 saturated heterocycles. The zero-order valence-corrected chi connectivity index (χ0v) is 32.0. The Hall–Kier alpha value is -4.55. The van der Waals surface area contributed by atoms with Crippen molar-refractivity contribution in [2.75, 3.05) is 36.0 Å². The van der Waals surface area contributed by atoms with Crippen molar-refractivity contribution in [3.05, 3.63) is 108 Å². The molecule has 3 N–H and O–H groups in total. The van der Waals surface area contributed by atoms with Gasteiger partial charge in [0.2, 0.25) is 0 Å². The normalized spacial score (nSPS) is 23.3. The minimum Gasteiger partial charge on any atom is -0.477 e. The average molecular weight is 748 g/mol. The Morgan fingerprint density at radius 1 is 0.811 bits per heavy atom. The van der Waals surface area contributed by atoms with Crippen LogP contribution in [0, 0.1) is 44.4 Å². The number of carboxylic acids is 1. The van der Waals surface area contributed by atoms with Crippen molar-refractivity contribution in [2.24, 2.45) is 23.7 Å². The first kappa shape index (κ1) is 34.2. The number of H-pyrrole nitrogens is 1. The smallest absolute Gasteiger partial charge is 0.345 e. The number of thiophene rings is 2. The van der Waals surface area contributed by atoms with Crippen LogP contribution < -0.4 is 15.1 Å². The molecule has 5 aromatic rings. The second-order valence-corrected chi connectivity index (χ2v) is 17.5. The maximum atomic E-state index is 12.8. The van der Waals surface area contributed by atoms with Gasteiger partial charge in [0.1, 0.15) is 16.5 Å². The maximum absolute atomic E-state index is 12.8. The molecule has 5 aliphatic rings. The summed E-state index contributed by atoms with van der Waals surface area (Å²) in [6.07, 6.45) is 6.25. The van der Waals surface area contributed by atoms with E-state index < -0.39 is 5.97 Å². The number of rotatable bonds is 9. The van der Waals surface area contributed by atoms with Crippen molar-refractivity contribution in [3.63, 3.8) is 0 Å². The molecule has 0 spiro atoms. The fraction of sp³-hybridized carbons (Fsp3) is 0.439. The van der Waals surface area contributed by atoms with Crippen molar-refractivity contribution in [1.82, 2.24) is 25.5 Å². The number of hydrogen-bond acceptors (Lipinski definition) is 9. The van der Waals surface area contributed by atoms with Crippen LogP contribution in [0.15, 0.2) is 47.2 Å². The number of hydrogen-bond donors (Lipinski definition) is 3. The summed E-state index contributed by atoms with van der Waals surface area (Å²) in [4.78, 5) is 39.4. The number of piperidine rings is 2. The average Bonchev–Trinajstić information content (AvgIpc) is 3.61. The van der Waals surface area contributed by atoms with Gasteiger partial charge in [-0.2, -0.15) is 5.10 Å². The first-order valence-corrected chi connectivity index (χ1v) is 20.6. The molecule has 2 saturated carbocycles. The van der Waals surface area contributed by atoms with Gasteiger partial charge in [-0.05, 0) is 133 Å². The van der Waals surface area contributed by atoms with Crippen LogP contribution in [-0.4, -0.2) is 63.3 Å². The zero-order valence-electron chi connectivity index (χ0n) is 30.4. The lowest BCUT2D eigenvalue weighted by molar-refractivity contribution is 0.0701. The molecule has 3 aliphatic carbocycles. The summed E-state index contributed by atoms with van der Waals surface area (Å²) in [5, 5.41) is 23.6. The van der Waals surface area contributed by atoms with E-state index >= 15 is 0 Å². The summed E-state index contributed by atoms with van der Waals surface area (Å²) in [7, 11) is 0. The van der Waals surface area contributed by atoms with Gasteiger partial charge in [0.25, 0.3) is 5.91 Å². The lowest BCUT2D eigenvalue weighted by Gasteiger charge is -2.20. The van der Waals surface area contributed by atoms with E-state index in [4.69, 9.17) is 15.1 Å². The van der Waals surface area contributed by atoms with Crippen molar-refractivity contribution in [3.8, 4) is 0 Å². The van der Waals surface area contributed by atoms with E-state index in [1.54, 1.807) is 6.07 Å². The topological polar surface area (TPSA) is 127 Å². The van der Waals surface area contributed by atoms with E-state index in [-0.39, 0.29) is 11.9 Å². The van der Waals surface area contributed by atoms with Crippen molar-refractivity contribution < 1.29 is 14.7 Å². The van der Waals surface area contributed by atoms with Gasteiger partial charge < -0.3 is 20.2 Å². The van der Waals surface area contributed by atoms with E-state index in [9.17, 15) is 9.59 Å². The molecule has 53 heavy (non-hydrogen) atoms. The highest BCUT2D eigenvalue weighted by Crippen LogP contribution is 2.47. The van der Waals surface area contributed by atoms with E-state index in [0.717, 1.165) is 113 Å². The molecule has 1 amide bonds. The van der Waals surface area contributed by atoms with Gasteiger partial charge in [-0.3, -0.25) is 9.89 Å². The first-order valence-electron chi connectivity index (χ1n) is 18.8. The highest BCUT2D eigenvalue weighted by molar-refractivity contribution is 7.12. The Balaban J connectivity index is 0.000000149. The summed E-state index contributed by atoms with van der Waals surface area (Å²) in [6, 6.07) is 12.4. The van der Waals surface area contributed by atoms with Gasteiger partial charge >= 0.3 is 5.97 Å². The fourth-order valence-electron chi connectivity index (χ4n) is 8.53. The lowest BCUT2D eigenvalue weighted by atomic mass is 10.1. The highest BCUT2D eigenvalue weighted by atomic mass is 32.1. The molecule has 274 valence electrons. The van der Waals surface area contributed by atoms with E-state index in [1.807, 2.05) is 25.3 Å². The first-order chi connectivity index (χ1) is 25.6. The Kier molecular flexibility index (Phi) is 8.85. The number of nitrogens with one attached hydrogen (secondary N) is 2. The molecule has 0 aromatic carbocycles. The van der Waals surface area contributed by atoms with Crippen LogP contribution >= 0.6 is 22.7 Å². The van der Waals surface area contributed by atoms with Crippen LogP contribution in [0.2, 0.25) is 0 Å². The summed E-state index contributed by atoms with van der Waals surface area (Å²) in [5.74, 6) is 4.97. The number of aromatic carboxylic acids is 1. The zero-order chi connectivity index (χ0) is 36.4. The molecule has 0 bridgehead atoms. The van der Waals surface area contributed by atoms with E-state index in [0.29, 0.717) is 4.88 Å². The molecule has 4 fully saturated rings. The van der Waals surface area contributed by atoms with Gasteiger partial charge in [-0.1, -0.05) is 12.1 Å². The van der Waals surface area contributed by atoms with Crippen molar-refractivity contribution >= 4 is 46.2 Å². The predicted molar refractivity (Wildman–Crippen MR) is 209 cm³/mol. The summed E-state index contributed by atoms with van der Waals surface area (Å²) < 4.78 is 0. The molecule has 0 radical (unpaired) electrons. The molecule has 4 unspecified atom stereocenters. The van der Waals surface area contributed by atoms with Crippen LogP contribution in [0.1, 0.15) is 95.2 Å². The lowest BCUT2D eigenvalue weighted by Crippen LogP contribution is -2.26. The minimum absolute atomic E-state index is 0.00690. The van der Waals surface area contributed by atoms with Crippen LogP contribution in [0.25, 0.3) is 0 Å². The second-order valence-electron chi connectivity index (χ2n) is 15.7. The van der Waals surface area contributed by atoms with Crippen LogP contribution in [0.5, 0.6) is 0 Å². The summed E-state index contributed by atoms with van der Waals surface area (Å²) >= 11 is 2.80. The third kappa shape index (κ3) is 7.11. The molecule has 5 atom stereocenters. The number of carbonyl (C=O) groups excluding carboxylic acids is 1. The van der Waals surface area contributed by atoms with Gasteiger partial charge in [-0.25, -0.2) is 14.8 Å². The molecule has 2 aliphatic heterocycles. The molecule has 10 rings (SSSR count). The number of aromatic amines is 1. The van der Waals surface area contributed by atoms with Gasteiger partial charge in [-0.15, -0.1) is 22.7 Å². The summed E-state index contributed by atoms with van der Waals surface area (Å²) in [5.41, 5.74) is 10.1. The van der Waals surface area contributed by atoms with E-state index in [1.165, 1.54) is 65.3 Å². The molecule has 5 aromatic heterocycles. The van der Waals surface area contributed by atoms with Crippen molar-refractivity contribution in [2.45, 2.75) is 65.3 Å². The van der Waals surface area contributed by atoms with Gasteiger partial charge in [0, 0.05) is 56.1 Å². The summed E-state index contributed by atoms with van der Waals surface area (Å²) in [6.45, 7) is 10.8. The molecule has 12 heteroatoms. The Morgan fingerprint density at radius 2 is 1.34 bits per heavy atom. The predicted octanol–water partition coefficient (Wildman–Crippen LogP) is 7.14. The fourth-order valence-corrected chi connectivity index (χ4v) is 10.1. The number of pyridine rings is 2. The van der Waals surface area contributed by atoms with Gasteiger partial charge in [0.05, 0.1) is 16.6 Å². The van der Waals surface area contributed by atoms with Crippen LogP contribution in [0.3, 0.4) is 0 Å². The van der Waals surface area contributed by atoms with E-state index in [2.05, 4.69) is 61.9 Å². The number of fused-ring (bicyclic) bond motifs is 3. The van der Waals surface area contributed by atoms with Gasteiger partial charge in [0.15, 0.2) is 0 Å².